The van der Waals surface area contributed by atoms with Crippen molar-refractivity contribution in [1.82, 2.24) is 14.8 Å². The summed E-state index contributed by atoms with van der Waals surface area (Å²) in [6.07, 6.45) is 3.93. The zero-order chi connectivity index (χ0) is 21.7. The Morgan fingerprint density at radius 2 is 2.00 bits per heavy atom. The van der Waals surface area contributed by atoms with Gasteiger partial charge in [0.15, 0.2) is 0 Å². The van der Waals surface area contributed by atoms with Gasteiger partial charge >= 0.3 is 0 Å². The fourth-order valence-corrected chi connectivity index (χ4v) is 3.81. The van der Waals surface area contributed by atoms with Crippen molar-refractivity contribution in [1.29, 1.82) is 0 Å². The van der Waals surface area contributed by atoms with Gasteiger partial charge in [0.25, 0.3) is 11.5 Å². The smallest absolute Gasteiger partial charge is 0.268 e. The van der Waals surface area contributed by atoms with Gasteiger partial charge in [0, 0.05) is 43.7 Å². The van der Waals surface area contributed by atoms with Crippen molar-refractivity contribution in [2.45, 2.75) is 19.4 Å². The molecule has 0 bridgehead atoms. The van der Waals surface area contributed by atoms with Gasteiger partial charge in [-0.05, 0) is 48.1 Å². The topological polar surface area (TPSA) is 91.6 Å². The summed E-state index contributed by atoms with van der Waals surface area (Å²) in [6.45, 7) is 0.804. The number of benzene rings is 1. The lowest BCUT2D eigenvalue weighted by molar-refractivity contribution is -0.132. The van der Waals surface area contributed by atoms with E-state index in [0.29, 0.717) is 36.3 Å². The summed E-state index contributed by atoms with van der Waals surface area (Å²) in [4.78, 5) is 39.9. The molecule has 7 nitrogen and oxygen atoms in total. The number of pyridine rings is 1. The molecule has 30 heavy (non-hydrogen) atoms. The first-order chi connectivity index (χ1) is 14.5. The molecular weight excluding hydrogens is 409 g/mol. The van der Waals surface area contributed by atoms with E-state index < -0.39 is 17.3 Å². The lowest BCUT2D eigenvalue weighted by Gasteiger charge is -2.30. The number of carbonyl (C=O) groups excluding carboxylic acids is 2. The standard InChI is InChI=1S/C21H24FN3O4S/c1-30-11-8-23-20(28)19-17-6-9-24(18(27)7-10-26)12-14(17)13-25(21(19)29)16-4-2-15(22)3-5-16/h2-5,13,26H,6-12H2,1H3,(H,23,28). The van der Waals surface area contributed by atoms with Gasteiger partial charge in [-0.1, -0.05) is 0 Å². The SMILES string of the molecule is CSCCNC(=O)c1c2c(cn(-c3ccc(F)cc3)c1=O)CN(C(=O)CCO)CC2. The second-order valence-corrected chi connectivity index (χ2v) is 7.93. The highest BCUT2D eigenvalue weighted by Gasteiger charge is 2.28. The molecule has 0 fully saturated rings. The van der Waals surface area contributed by atoms with Crippen LogP contribution in [0.15, 0.2) is 35.3 Å². The minimum Gasteiger partial charge on any atom is -0.396 e. The third kappa shape index (κ3) is 4.73. The van der Waals surface area contributed by atoms with Crippen LogP contribution in [0.1, 0.15) is 27.9 Å². The summed E-state index contributed by atoms with van der Waals surface area (Å²) in [5.74, 6) is -0.345. The van der Waals surface area contributed by atoms with Crippen molar-refractivity contribution in [3.05, 3.63) is 63.3 Å². The number of aliphatic hydroxyl groups is 1. The number of nitrogens with one attached hydrogen (secondary N) is 1. The first kappa shape index (κ1) is 22.0. The largest absolute Gasteiger partial charge is 0.396 e. The average molecular weight is 434 g/mol. The van der Waals surface area contributed by atoms with Crippen LogP contribution in [-0.2, 0) is 17.8 Å². The molecule has 1 aromatic carbocycles. The van der Waals surface area contributed by atoms with Crippen LogP contribution in [0.25, 0.3) is 5.69 Å². The number of hydrogen-bond donors (Lipinski definition) is 2. The molecule has 2 amide bonds. The molecule has 3 rings (SSSR count). The van der Waals surface area contributed by atoms with Crippen LogP contribution in [0.4, 0.5) is 4.39 Å². The lowest BCUT2D eigenvalue weighted by atomic mass is 9.95. The molecule has 0 unspecified atom stereocenters. The van der Waals surface area contributed by atoms with Gasteiger partial charge in [-0.15, -0.1) is 0 Å². The van der Waals surface area contributed by atoms with Gasteiger partial charge in [0.05, 0.1) is 6.61 Å². The lowest BCUT2D eigenvalue weighted by Crippen LogP contribution is -2.41. The molecule has 160 valence electrons. The quantitative estimate of drug-likeness (QED) is 0.643. The van der Waals surface area contributed by atoms with Gasteiger partial charge in [0.1, 0.15) is 11.4 Å². The number of hydrogen-bond acceptors (Lipinski definition) is 5. The number of nitrogens with zero attached hydrogens (tertiary/aromatic N) is 2. The maximum Gasteiger partial charge on any atom is 0.268 e. The van der Waals surface area contributed by atoms with Crippen molar-refractivity contribution in [3.63, 3.8) is 0 Å². The van der Waals surface area contributed by atoms with E-state index in [0.717, 1.165) is 5.75 Å². The Bertz CT molecular complexity index is 991. The van der Waals surface area contributed by atoms with E-state index in [2.05, 4.69) is 5.32 Å². The molecule has 0 saturated heterocycles. The molecule has 9 heteroatoms. The van der Waals surface area contributed by atoms with Crippen LogP contribution in [0.5, 0.6) is 0 Å². The summed E-state index contributed by atoms with van der Waals surface area (Å²) in [5.41, 5.74) is 1.34. The summed E-state index contributed by atoms with van der Waals surface area (Å²) >= 11 is 1.58. The Kier molecular flexibility index (Phi) is 7.28. The van der Waals surface area contributed by atoms with Crippen LogP contribution in [0, 0.1) is 5.82 Å². The maximum atomic E-state index is 13.4. The Labute approximate surface area is 177 Å². The molecule has 0 aliphatic carbocycles. The van der Waals surface area contributed by atoms with Crippen molar-refractivity contribution >= 4 is 23.6 Å². The highest BCUT2D eigenvalue weighted by molar-refractivity contribution is 7.98. The minimum absolute atomic E-state index is 0.0228. The number of rotatable bonds is 7. The second kappa shape index (κ2) is 9.90. The first-order valence-electron chi connectivity index (χ1n) is 9.65. The van der Waals surface area contributed by atoms with E-state index in [4.69, 9.17) is 5.11 Å². The predicted molar refractivity (Wildman–Crippen MR) is 114 cm³/mol. The van der Waals surface area contributed by atoms with Gasteiger partial charge in [-0.2, -0.15) is 11.8 Å². The Hall–Kier alpha value is -2.65. The summed E-state index contributed by atoms with van der Waals surface area (Å²) in [5, 5.41) is 11.8. The van der Waals surface area contributed by atoms with E-state index in [1.807, 2.05) is 6.26 Å². The van der Waals surface area contributed by atoms with Crippen molar-refractivity contribution in [3.8, 4) is 5.69 Å². The first-order valence-corrected chi connectivity index (χ1v) is 11.0. The fourth-order valence-electron chi connectivity index (χ4n) is 3.51. The van der Waals surface area contributed by atoms with Gasteiger partial charge in [-0.25, -0.2) is 4.39 Å². The molecule has 2 N–H and O–H groups in total. The summed E-state index contributed by atoms with van der Waals surface area (Å²) in [6, 6.07) is 5.43. The molecule has 1 aliphatic rings. The van der Waals surface area contributed by atoms with E-state index in [9.17, 15) is 18.8 Å². The second-order valence-electron chi connectivity index (χ2n) is 6.95. The Morgan fingerprint density at radius 1 is 1.27 bits per heavy atom. The zero-order valence-corrected chi connectivity index (χ0v) is 17.5. The maximum absolute atomic E-state index is 13.4. The van der Waals surface area contributed by atoms with Gasteiger partial charge in [0.2, 0.25) is 5.91 Å². The number of amides is 2. The molecule has 0 radical (unpaired) electrons. The number of carbonyl (C=O) groups is 2. The molecule has 2 aromatic rings. The highest BCUT2D eigenvalue weighted by atomic mass is 32.2. The van der Waals surface area contributed by atoms with Crippen LogP contribution < -0.4 is 10.9 Å². The van der Waals surface area contributed by atoms with E-state index >= 15 is 0 Å². The van der Waals surface area contributed by atoms with Crippen LogP contribution in [-0.4, -0.2) is 58.1 Å². The van der Waals surface area contributed by atoms with Gasteiger partial charge in [-0.3, -0.25) is 19.0 Å². The average Bonchev–Trinajstić information content (AvgIpc) is 2.74. The van der Waals surface area contributed by atoms with Crippen molar-refractivity contribution in [2.24, 2.45) is 0 Å². The summed E-state index contributed by atoms with van der Waals surface area (Å²) < 4.78 is 14.7. The van der Waals surface area contributed by atoms with Crippen LogP contribution in [0.3, 0.4) is 0 Å². The van der Waals surface area contributed by atoms with Crippen molar-refractivity contribution in [2.75, 3.05) is 31.7 Å². The number of aromatic nitrogens is 1. The normalized spacial score (nSPS) is 13.1. The van der Waals surface area contributed by atoms with E-state index in [1.165, 1.54) is 28.8 Å². The monoisotopic (exact) mass is 433 g/mol. The minimum atomic E-state index is -0.475. The predicted octanol–water partition coefficient (Wildman–Crippen LogP) is 1.34. The van der Waals surface area contributed by atoms with Crippen molar-refractivity contribution < 1.29 is 19.1 Å². The van der Waals surface area contributed by atoms with Crippen LogP contribution in [0.2, 0.25) is 0 Å². The Balaban J connectivity index is 2.07. The Morgan fingerprint density at radius 3 is 2.67 bits per heavy atom. The number of fused-ring (bicyclic) bond motifs is 1. The third-order valence-corrected chi connectivity index (χ3v) is 5.61. The zero-order valence-electron chi connectivity index (χ0n) is 16.7. The molecule has 0 saturated carbocycles. The highest BCUT2D eigenvalue weighted by Crippen LogP contribution is 2.23. The van der Waals surface area contributed by atoms with Gasteiger partial charge < -0.3 is 15.3 Å². The molecule has 1 aliphatic heterocycles. The third-order valence-electron chi connectivity index (χ3n) is 5.00. The van der Waals surface area contributed by atoms with Crippen LogP contribution >= 0.6 is 11.8 Å². The molecule has 0 spiro atoms. The molecule has 1 aromatic heterocycles. The van der Waals surface area contributed by atoms with E-state index in [1.54, 1.807) is 22.9 Å². The molecule has 2 heterocycles. The number of aliphatic hydroxyl groups excluding tert-OH is 1. The molecular formula is C21H24FN3O4S. The summed E-state index contributed by atoms with van der Waals surface area (Å²) in [7, 11) is 0. The molecule has 0 atom stereocenters. The number of halogens is 1. The van der Waals surface area contributed by atoms with E-state index in [-0.39, 0.29) is 31.0 Å². The fraction of sp³-hybridized carbons (Fsp3) is 0.381. The number of thioether (sulfide) groups is 1.